The molecular formula is C14H27N3. The van der Waals surface area contributed by atoms with Crippen LogP contribution in [0.4, 0.5) is 0 Å². The monoisotopic (exact) mass is 237 g/mol. The molecule has 0 atom stereocenters. The number of hydrogen-bond acceptors (Lipinski definition) is 2. The summed E-state index contributed by atoms with van der Waals surface area (Å²) in [4.78, 5) is 0. The van der Waals surface area contributed by atoms with E-state index in [1.807, 2.05) is 7.05 Å². The minimum Gasteiger partial charge on any atom is -0.320 e. The number of rotatable bonds is 9. The first kappa shape index (κ1) is 14.2. The fourth-order valence-corrected chi connectivity index (χ4v) is 2.08. The van der Waals surface area contributed by atoms with Crippen LogP contribution in [-0.4, -0.2) is 23.4 Å². The normalized spacial score (nSPS) is 11.0. The molecule has 0 amide bonds. The van der Waals surface area contributed by atoms with Gasteiger partial charge in [0.15, 0.2) is 0 Å². The Labute approximate surface area is 106 Å². The molecule has 98 valence electrons. The Hall–Kier alpha value is -0.830. The Bertz CT molecular complexity index is 304. The number of hydrogen-bond donors (Lipinski definition) is 1. The number of unbranched alkanes of at least 4 members (excludes halogenated alkanes) is 3. The highest BCUT2D eigenvalue weighted by molar-refractivity contribution is 5.10. The van der Waals surface area contributed by atoms with Gasteiger partial charge < -0.3 is 5.32 Å². The highest BCUT2D eigenvalue weighted by Gasteiger charge is 2.04. The van der Waals surface area contributed by atoms with Gasteiger partial charge in [-0.05, 0) is 45.3 Å². The van der Waals surface area contributed by atoms with Crippen molar-refractivity contribution in [3.63, 3.8) is 0 Å². The maximum absolute atomic E-state index is 4.64. The molecule has 0 saturated heterocycles. The number of aryl methyl sites for hydroxylation is 3. The fourth-order valence-electron chi connectivity index (χ4n) is 2.08. The van der Waals surface area contributed by atoms with Gasteiger partial charge in [0, 0.05) is 12.2 Å². The van der Waals surface area contributed by atoms with Gasteiger partial charge in [-0.15, -0.1) is 0 Å². The summed E-state index contributed by atoms with van der Waals surface area (Å²) < 4.78 is 2.21. The van der Waals surface area contributed by atoms with E-state index >= 15 is 0 Å². The van der Waals surface area contributed by atoms with Crippen molar-refractivity contribution in [2.75, 3.05) is 13.6 Å². The van der Waals surface area contributed by atoms with Crippen molar-refractivity contribution in [2.45, 2.75) is 58.9 Å². The van der Waals surface area contributed by atoms with Crippen LogP contribution >= 0.6 is 0 Å². The summed E-state index contributed by atoms with van der Waals surface area (Å²) in [6, 6.07) is 2.25. The predicted octanol–water partition coefficient (Wildman–Crippen LogP) is 2.79. The van der Waals surface area contributed by atoms with Crippen LogP contribution in [0, 0.1) is 0 Å². The third-order valence-corrected chi connectivity index (χ3v) is 3.19. The molecule has 0 aliphatic carbocycles. The summed E-state index contributed by atoms with van der Waals surface area (Å²) in [6.45, 7) is 6.61. The maximum atomic E-state index is 4.64. The van der Waals surface area contributed by atoms with E-state index in [0.717, 1.165) is 25.9 Å². The Morgan fingerprint density at radius 1 is 1.12 bits per heavy atom. The van der Waals surface area contributed by atoms with Crippen LogP contribution in [0.15, 0.2) is 6.07 Å². The summed E-state index contributed by atoms with van der Waals surface area (Å²) in [5.74, 6) is 0. The zero-order chi connectivity index (χ0) is 12.5. The average molecular weight is 237 g/mol. The lowest BCUT2D eigenvalue weighted by Gasteiger charge is -2.05. The Balaban J connectivity index is 2.28. The second-order valence-electron chi connectivity index (χ2n) is 4.58. The lowest BCUT2D eigenvalue weighted by molar-refractivity contribution is 0.515. The van der Waals surface area contributed by atoms with Gasteiger partial charge in [-0.1, -0.05) is 26.7 Å². The average Bonchev–Trinajstić information content (AvgIpc) is 2.76. The first-order chi connectivity index (χ1) is 8.31. The van der Waals surface area contributed by atoms with Crippen LogP contribution in [-0.2, 0) is 19.4 Å². The van der Waals surface area contributed by atoms with Crippen LogP contribution in [0.3, 0.4) is 0 Å². The first-order valence-corrected chi connectivity index (χ1v) is 7.02. The van der Waals surface area contributed by atoms with Crippen molar-refractivity contribution >= 4 is 0 Å². The van der Waals surface area contributed by atoms with E-state index in [2.05, 4.69) is 35.0 Å². The van der Waals surface area contributed by atoms with Gasteiger partial charge in [0.25, 0.3) is 0 Å². The molecule has 0 saturated carbocycles. The van der Waals surface area contributed by atoms with Crippen molar-refractivity contribution in [1.82, 2.24) is 15.1 Å². The second-order valence-corrected chi connectivity index (χ2v) is 4.58. The van der Waals surface area contributed by atoms with Crippen molar-refractivity contribution in [3.05, 3.63) is 17.5 Å². The molecule has 0 unspecified atom stereocenters. The molecule has 1 aromatic heterocycles. The van der Waals surface area contributed by atoms with E-state index in [4.69, 9.17) is 0 Å². The molecule has 0 aliphatic heterocycles. The predicted molar refractivity (Wildman–Crippen MR) is 73.4 cm³/mol. The maximum Gasteiger partial charge on any atom is 0.0624 e. The zero-order valence-corrected chi connectivity index (χ0v) is 11.6. The Kier molecular flexibility index (Phi) is 6.94. The fraction of sp³-hybridized carbons (Fsp3) is 0.786. The number of nitrogens with one attached hydrogen (secondary N) is 1. The molecule has 0 aliphatic rings. The van der Waals surface area contributed by atoms with E-state index < -0.39 is 0 Å². The zero-order valence-electron chi connectivity index (χ0n) is 11.6. The largest absolute Gasteiger partial charge is 0.320 e. The third kappa shape index (κ3) is 4.90. The molecule has 1 heterocycles. The molecule has 1 aromatic rings. The van der Waals surface area contributed by atoms with Gasteiger partial charge in [-0.25, -0.2) is 0 Å². The molecule has 3 heteroatoms. The molecule has 17 heavy (non-hydrogen) atoms. The SMILES string of the molecule is CCc1cc(CC)n(CCCCCCNC)n1. The lowest BCUT2D eigenvalue weighted by Crippen LogP contribution is -2.08. The minimum atomic E-state index is 1.04. The third-order valence-electron chi connectivity index (χ3n) is 3.19. The minimum absolute atomic E-state index is 1.04. The van der Waals surface area contributed by atoms with Gasteiger partial charge in [-0.2, -0.15) is 5.10 Å². The van der Waals surface area contributed by atoms with Crippen molar-refractivity contribution in [1.29, 1.82) is 0 Å². The Morgan fingerprint density at radius 3 is 2.53 bits per heavy atom. The van der Waals surface area contributed by atoms with Gasteiger partial charge in [0.2, 0.25) is 0 Å². The van der Waals surface area contributed by atoms with Crippen molar-refractivity contribution in [2.24, 2.45) is 0 Å². The van der Waals surface area contributed by atoms with E-state index in [-0.39, 0.29) is 0 Å². The molecule has 1 rings (SSSR count). The summed E-state index contributed by atoms with van der Waals surface area (Å²) >= 11 is 0. The van der Waals surface area contributed by atoms with E-state index in [9.17, 15) is 0 Å². The van der Waals surface area contributed by atoms with E-state index in [1.54, 1.807) is 0 Å². The smallest absolute Gasteiger partial charge is 0.0624 e. The molecule has 0 bridgehead atoms. The number of nitrogens with zero attached hydrogens (tertiary/aromatic N) is 2. The van der Waals surface area contributed by atoms with Crippen LogP contribution in [0.1, 0.15) is 50.9 Å². The highest BCUT2D eigenvalue weighted by atomic mass is 15.3. The molecule has 1 N–H and O–H groups in total. The van der Waals surface area contributed by atoms with Gasteiger partial charge in [-0.3, -0.25) is 4.68 Å². The molecule has 3 nitrogen and oxygen atoms in total. The molecule has 0 fully saturated rings. The van der Waals surface area contributed by atoms with Crippen LogP contribution in [0.5, 0.6) is 0 Å². The van der Waals surface area contributed by atoms with Gasteiger partial charge in [0.1, 0.15) is 0 Å². The molecule has 0 aromatic carbocycles. The molecule has 0 spiro atoms. The number of aromatic nitrogens is 2. The van der Waals surface area contributed by atoms with Crippen molar-refractivity contribution in [3.8, 4) is 0 Å². The molecular weight excluding hydrogens is 210 g/mol. The second kappa shape index (κ2) is 8.29. The lowest BCUT2D eigenvalue weighted by atomic mass is 10.2. The highest BCUT2D eigenvalue weighted by Crippen LogP contribution is 2.09. The summed E-state index contributed by atoms with van der Waals surface area (Å²) in [5.41, 5.74) is 2.62. The first-order valence-electron chi connectivity index (χ1n) is 7.02. The quantitative estimate of drug-likeness (QED) is 0.669. The van der Waals surface area contributed by atoms with E-state index in [0.29, 0.717) is 0 Å². The Morgan fingerprint density at radius 2 is 1.88 bits per heavy atom. The van der Waals surface area contributed by atoms with Gasteiger partial charge >= 0.3 is 0 Å². The van der Waals surface area contributed by atoms with Crippen molar-refractivity contribution < 1.29 is 0 Å². The summed E-state index contributed by atoms with van der Waals surface area (Å²) in [7, 11) is 2.02. The van der Waals surface area contributed by atoms with Crippen LogP contribution in [0.25, 0.3) is 0 Å². The van der Waals surface area contributed by atoms with E-state index in [1.165, 1.54) is 37.1 Å². The summed E-state index contributed by atoms with van der Waals surface area (Å²) in [5, 5.41) is 7.83. The molecule has 0 radical (unpaired) electrons. The topological polar surface area (TPSA) is 29.9 Å². The van der Waals surface area contributed by atoms with Gasteiger partial charge in [0.05, 0.1) is 5.69 Å². The standard InChI is InChI=1S/C14H27N3/c1-4-13-12-14(5-2)17(16-13)11-9-7-6-8-10-15-3/h12,15H,4-11H2,1-3H3. The van der Waals surface area contributed by atoms with Crippen LogP contribution in [0.2, 0.25) is 0 Å². The van der Waals surface area contributed by atoms with Crippen LogP contribution < -0.4 is 5.32 Å². The summed E-state index contributed by atoms with van der Waals surface area (Å²) in [6.07, 6.45) is 7.31.